The molecule has 0 aromatic heterocycles. The third-order valence-electron chi connectivity index (χ3n) is 3.24. The number of hydrogen-bond donors (Lipinski definition) is 2. The van der Waals surface area contributed by atoms with E-state index in [0.717, 1.165) is 11.3 Å². The summed E-state index contributed by atoms with van der Waals surface area (Å²) in [7, 11) is 0. The van der Waals surface area contributed by atoms with E-state index in [9.17, 15) is 5.11 Å². The molecule has 2 nitrogen and oxygen atoms in total. The molecule has 2 heteroatoms. The van der Waals surface area contributed by atoms with Crippen LogP contribution in [0.1, 0.15) is 37.0 Å². The number of anilines is 1. The van der Waals surface area contributed by atoms with Crippen molar-refractivity contribution in [2.75, 3.05) is 11.9 Å². The average Bonchev–Trinajstić information content (AvgIpc) is 2.46. The molecule has 0 saturated carbocycles. The van der Waals surface area contributed by atoms with Gasteiger partial charge < -0.3 is 10.4 Å². The summed E-state index contributed by atoms with van der Waals surface area (Å²) in [4.78, 5) is 0. The Bertz CT molecular complexity index is 508. The fraction of sp³-hybridized carbons (Fsp3) is 0.294. The van der Waals surface area contributed by atoms with E-state index in [1.807, 2.05) is 42.5 Å². The highest BCUT2D eigenvalue weighted by molar-refractivity contribution is 5.46. The number of nitrogens with one attached hydrogen (secondary N) is 1. The van der Waals surface area contributed by atoms with E-state index in [2.05, 4.69) is 31.3 Å². The minimum absolute atomic E-state index is 0.482. The van der Waals surface area contributed by atoms with Crippen molar-refractivity contribution in [3.05, 3.63) is 65.7 Å². The SMILES string of the molecule is CC(C)c1cccc(NCC(O)c2ccccc2)c1. The molecular weight excluding hydrogens is 234 g/mol. The van der Waals surface area contributed by atoms with Gasteiger partial charge in [0.15, 0.2) is 0 Å². The summed E-state index contributed by atoms with van der Waals surface area (Å²) in [6.07, 6.45) is -0.482. The first-order chi connectivity index (χ1) is 9.16. The topological polar surface area (TPSA) is 32.3 Å². The van der Waals surface area contributed by atoms with Crippen molar-refractivity contribution in [1.29, 1.82) is 0 Å². The molecule has 2 aromatic carbocycles. The first kappa shape index (κ1) is 13.6. The summed E-state index contributed by atoms with van der Waals surface area (Å²) in [5, 5.41) is 13.4. The number of hydrogen-bond acceptors (Lipinski definition) is 2. The maximum absolute atomic E-state index is 10.1. The molecule has 0 radical (unpaired) electrons. The van der Waals surface area contributed by atoms with Gasteiger partial charge in [0.2, 0.25) is 0 Å². The van der Waals surface area contributed by atoms with Crippen LogP contribution in [0.25, 0.3) is 0 Å². The standard InChI is InChI=1S/C17H21NO/c1-13(2)15-9-6-10-16(11-15)18-12-17(19)14-7-4-3-5-8-14/h3-11,13,17-19H,12H2,1-2H3. The molecule has 0 aliphatic carbocycles. The highest BCUT2D eigenvalue weighted by Gasteiger charge is 2.06. The zero-order valence-corrected chi connectivity index (χ0v) is 11.5. The van der Waals surface area contributed by atoms with Crippen LogP contribution in [-0.4, -0.2) is 11.7 Å². The van der Waals surface area contributed by atoms with E-state index in [1.165, 1.54) is 5.56 Å². The second-order valence-electron chi connectivity index (χ2n) is 5.09. The van der Waals surface area contributed by atoms with Crippen LogP contribution >= 0.6 is 0 Å². The van der Waals surface area contributed by atoms with Gasteiger partial charge >= 0.3 is 0 Å². The molecule has 0 amide bonds. The summed E-state index contributed by atoms with van der Waals surface area (Å²) in [6.45, 7) is 4.88. The van der Waals surface area contributed by atoms with Gasteiger partial charge in [-0.25, -0.2) is 0 Å². The third kappa shape index (κ3) is 3.83. The number of rotatable bonds is 5. The molecule has 100 valence electrons. The van der Waals surface area contributed by atoms with Gasteiger partial charge in [-0.05, 0) is 29.2 Å². The van der Waals surface area contributed by atoms with E-state index in [0.29, 0.717) is 12.5 Å². The van der Waals surface area contributed by atoms with Gasteiger partial charge in [-0.3, -0.25) is 0 Å². The van der Waals surface area contributed by atoms with E-state index in [-0.39, 0.29) is 0 Å². The lowest BCUT2D eigenvalue weighted by atomic mass is 10.0. The first-order valence-corrected chi connectivity index (χ1v) is 6.73. The molecule has 2 N–H and O–H groups in total. The van der Waals surface area contributed by atoms with Crippen molar-refractivity contribution in [2.45, 2.75) is 25.9 Å². The smallest absolute Gasteiger partial charge is 0.0962 e. The number of aliphatic hydroxyl groups is 1. The van der Waals surface area contributed by atoms with Gasteiger partial charge in [-0.15, -0.1) is 0 Å². The van der Waals surface area contributed by atoms with E-state index in [4.69, 9.17) is 0 Å². The molecule has 0 aliphatic rings. The Hall–Kier alpha value is -1.80. The van der Waals surface area contributed by atoms with E-state index >= 15 is 0 Å². The van der Waals surface area contributed by atoms with Crippen molar-refractivity contribution in [3.63, 3.8) is 0 Å². The van der Waals surface area contributed by atoms with Crippen molar-refractivity contribution in [3.8, 4) is 0 Å². The minimum atomic E-state index is -0.482. The van der Waals surface area contributed by atoms with Crippen molar-refractivity contribution in [2.24, 2.45) is 0 Å². The molecule has 0 aliphatic heterocycles. The molecular formula is C17H21NO. The Morgan fingerprint density at radius 3 is 2.32 bits per heavy atom. The fourth-order valence-corrected chi connectivity index (χ4v) is 2.02. The van der Waals surface area contributed by atoms with E-state index < -0.39 is 6.10 Å². The quantitative estimate of drug-likeness (QED) is 0.847. The second kappa shape index (κ2) is 6.39. The fourth-order valence-electron chi connectivity index (χ4n) is 2.02. The molecule has 2 rings (SSSR count). The molecule has 2 aromatic rings. The summed E-state index contributed by atoms with van der Waals surface area (Å²) >= 11 is 0. The average molecular weight is 255 g/mol. The molecule has 1 unspecified atom stereocenters. The zero-order valence-electron chi connectivity index (χ0n) is 11.5. The van der Waals surface area contributed by atoms with Crippen LogP contribution in [0.15, 0.2) is 54.6 Å². The molecule has 0 saturated heterocycles. The van der Waals surface area contributed by atoms with Gasteiger partial charge in [0, 0.05) is 12.2 Å². The van der Waals surface area contributed by atoms with Gasteiger partial charge in [0.1, 0.15) is 0 Å². The Balaban J connectivity index is 1.97. The Morgan fingerprint density at radius 2 is 1.63 bits per heavy atom. The summed E-state index contributed by atoms with van der Waals surface area (Å²) in [5.74, 6) is 0.515. The molecule has 1 atom stereocenters. The van der Waals surface area contributed by atoms with Crippen LogP contribution in [0, 0.1) is 0 Å². The first-order valence-electron chi connectivity index (χ1n) is 6.73. The molecule has 0 fully saturated rings. The molecule has 19 heavy (non-hydrogen) atoms. The highest BCUT2D eigenvalue weighted by Crippen LogP contribution is 2.19. The van der Waals surface area contributed by atoms with Gasteiger partial charge in [-0.2, -0.15) is 0 Å². The molecule has 0 bridgehead atoms. The van der Waals surface area contributed by atoms with E-state index in [1.54, 1.807) is 0 Å². The van der Waals surface area contributed by atoms with Crippen LogP contribution in [0.4, 0.5) is 5.69 Å². The predicted octanol–water partition coefficient (Wildman–Crippen LogP) is 3.96. The lowest BCUT2D eigenvalue weighted by molar-refractivity contribution is 0.191. The lowest BCUT2D eigenvalue weighted by Gasteiger charge is -2.14. The summed E-state index contributed by atoms with van der Waals surface area (Å²) in [6, 6.07) is 18.1. The largest absolute Gasteiger partial charge is 0.387 e. The number of benzene rings is 2. The van der Waals surface area contributed by atoms with Crippen LogP contribution in [0.3, 0.4) is 0 Å². The number of aliphatic hydroxyl groups excluding tert-OH is 1. The Kier molecular flexibility index (Phi) is 4.58. The van der Waals surface area contributed by atoms with Gasteiger partial charge in [-0.1, -0.05) is 56.3 Å². The van der Waals surface area contributed by atoms with Crippen molar-refractivity contribution < 1.29 is 5.11 Å². The van der Waals surface area contributed by atoms with Crippen LogP contribution in [0.2, 0.25) is 0 Å². The normalized spacial score (nSPS) is 12.4. The molecule has 0 spiro atoms. The van der Waals surface area contributed by atoms with Crippen LogP contribution in [-0.2, 0) is 0 Å². The summed E-state index contributed by atoms with van der Waals surface area (Å²) in [5.41, 5.74) is 3.30. The third-order valence-corrected chi connectivity index (χ3v) is 3.24. The minimum Gasteiger partial charge on any atom is -0.387 e. The zero-order chi connectivity index (χ0) is 13.7. The maximum Gasteiger partial charge on any atom is 0.0962 e. The van der Waals surface area contributed by atoms with Crippen LogP contribution in [0.5, 0.6) is 0 Å². The van der Waals surface area contributed by atoms with Gasteiger partial charge in [0.25, 0.3) is 0 Å². The molecule has 0 heterocycles. The maximum atomic E-state index is 10.1. The lowest BCUT2D eigenvalue weighted by Crippen LogP contribution is -2.12. The Labute approximate surface area is 115 Å². The predicted molar refractivity (Wildman–Crippen MR) is 80.4 cm³/mol. The van der Waals surface area contributed by atoms with Crippen molar-refractivity contribution in [1.82, 2.24) is 0 Å². The van der Waals surface area contributed by atoms with Gasteiger partial charge in [0.05, 0.1) is 6.10 Å². The highest BCUT2D eigenvalue weighted by atomic mass is 16.3. The second-order valence-corrected chi connectivity index (χ2v) is 5.09. The van der Waals surface area contributed by atoms with Crippen LogP contribution < -0.4 is 5.32 Å². The Morgan fingerprint density at radius 1 is 0.947 bits per heavy atom. The summed E-state index contributed by atoms with van der Waals surface area (Å²) < 4.78 is 0. The monoisotopic (exact) mass is 255 g/mol. The van der Waals surface area contributed by atoms with Crippen molar-refractivity contribution >= 4 is 5.69 Å².